The second kappa shape index (κ2) is 5.29. The fourth-order valence-electron chi connectivity index (χ4n) is 1.77. The Morgan fingerprint density at radius 1 is 1.29 bits per heavy atom. The largest absolute Gasteiger partial charge is 0.380 e. The molecule has 0 aliphatic rings. The molecule has 0 amide bonds. The number of hydrogen-bond acceptors (Lipinski definition) is 3. The first-order valence-corrected chi connectivity index (χ1v) is 5.82. The summed E-state index contributed by atoms with van der Waals surface area (Å²) in [5.74, 6) is 0.846. The Kier molecular flexibility index (Phi) is 3.76. The van der Waals surface area contributed by atoms with Gasteiger partial charge in [-0.25, -0.2) is 0 Å². The highest BCUT2D eigenvalue weighted by Gasteiger charge is 2.13. The molecule has 0 fully saturated rings. The smallest absolute Gasteiger partial charge is 0.229 e. The van der Waals surface area contributed by atoms with Crippen molar-refractivity contribution in [3.8, 4) is 5.69 Å². The summed E-state index contributed by atoms with van der Waals surface area (Å²) in [7, 11) is 1.67. The van der Waals surface area contributed by atoms with Gasteiger partial charge < -0.3 is 4.74 Å². The van der Waals surface area contributed by atoms with Crippen LogP contribution < -0.4 is 0 Å². The van der Waals surface area contributed by atoms with Crippen molar-refractivity contribution in [3.63, 3.8) is 0 Å². The molecule has 4 nitrogen and oxygen atoms in total. The summed E-state index contributed by atoms with van der Waals surface area (Å²) in [5, 5.41) is 8.33. The molecule has 0 saturated carbocycles. The number of hydrogen-bond donors (Lipinski definition) is 0. The predicted octanol–water partition coefficient (Wildman–Crippen LogP) is 2.63. The van der Waals surface area contributed by atoms with Crippen molar-refractivity contribution in [2.75, 3.05) is 7.11 Å². The van der Waals surface area contributed by atoms with Crippen LogP contribution in [-0.4, -0.2) is 21.9 Å². The molecule has 1 aromatic carbocycles. The van der Waals surface area contributed by atoms with Gasteiger partial charge in [0.05, 0.1) is 12.3 Å². The van der Waals surface area contributed by atoms with Gasteiger partial charge >= 0.3 is 0 Å². The van der Waals surface area contributed by atoms with Gasteiger partial charge in [-0.3, -0.25) is 4.57 Å². The van der Waals surface area contributed by atoms with Crippen LogP contribution in [0.1, 0.15) is 18.3 Å². The quantitative estimate of drug-likeness (QED) is 0.839. The predicted molar refractivity (Wildman–Crippen MR) is 66.5 cm³/mol. The van der Waals surface area contributed by atoms with E-state index in [1.807, 2.05) is 35.8 Å². The molecular formula is C12H14ClN3O. The third-order valence-corrected chi connectivity index (χ3v) is 2.78. The summed E-state index contributed by atoms with van der Waals surface area (Å²) in [4.78, 5) is 0. The number of benzene rings is 1. The molecule has 0 aliphatic carbocycles. The number of rotatable bonds is 4. The number of ether oxygens (including phenoxy) is 1. The molecule has 0 radical (unpaired) electrons. The van der Waals surface area contributed by atoms with Gasteiger partial charge in [0.25, 0.3) is 0 Å². The Morgan fingerprint density at radius 2 is 2.06 bits per heavy atom. The highest BCUT2D eigenvalue weighted by atomic mass is 35.5. The number of nitrogens with zero attached hydrogens (tertiary/aromatic N) is 3. The summed E-state index contributed by atoms with van der Waals surface area (Å²) in [6.07, 6.45) is 0.779. The Labute approximate surface area is 105 Å². The van der Waals surface area contributed by atoms with E-state index >= 15 is 0 Å². The first-order valence-electron chi connectivity index (χ1n) is 5.45. The number of para-hydroxylation sites is 1. The van der Waals surface area contributed by atoms with Gasteiger partial charge in [0, 0.05) is 19.1 Å². The van der Waals surface area contributed by atoms with E-state index in [4.69, 9.17) is 16.3 Å². The number of aromatic nitrogens is 3. The van der Waals surface area contributed by atoms with Crippen LogP contribution in [0.3, 0.4) is 0 Å². The second-order valence-corrected chi connectivity index (χ2v) is 3.97. The van der Waals surface area contributed by atoms with Gasteiger partial charge in [0.15, 0.2) is 0 Å². The molecule has 0 N–H and O–H groups in total. The minimum atomic E-state index is 0.380. The lowest BCUT2D eigenvalue weighted by Gasteiger charge is -2.11. The minimum Gasteiger partial charge on any atom is -0.380 e. The molecule has 0 aliphatic heterocycles. The lowest BCUT2D eigenvalue weighted by atomic mass is 10.2. The highest BCUT2D eigenvalue weighted by Crippen LogP contribution is 2.21. The Morgan fingerprint density at radius 3 is 2.76 bits per heavy atom. The maximum absolute atomic E-state index is 6.08. The van der Waals surface area contributed by atoms with E-state index in [0.717, 1.165) is 23.5 Å². The summed E-state index contributed by atoms with van der Waals surface area (Å²) < 4.78 is 7.04. The molecule has 0 spiro atoms. The van der Waals surface area contributed by atoms with Crippen molar-refractivity contribution in [1.29, 1.82) is 0 Å². The van der Waals surface area contributed by atoms with Gasteiger partial charge in [-0.1, -0.05) is 25.1 Å². The Balaban J connectivity index is 2.55. The standard InChI is InChI=1S/C12H14ClN3O/c1-3-11-14-15-12(13)16(11)10-7-5-4-6-9(10)8-17-2/h4-7H,3,8H2,1-2H3. The molecule has 0 saturated heterocycles. The molecule has 0 atom stereocenters. The van der Waals surface area contributed by atoms with E-state index in [2.05, 4.69) is 10.2 Å². The van der Waals surface area contributed by atoms with E-state index in [9.17, 15) is 0 Å². The maximum atomic E-state index is 6.08. The van der Waals surface area contributed by atoms with Crippen LogP contribution in [0, 0.1) is 0 Å². The summed E-state index contributed by atoms with van der Waals surface area (Å²) >= 11 is 6.08. The van der Waals surface area contributed by atoms with E-state index in [1.54, 1.807) is 7.11 Å². The van der Waals surface area contributed by atoms with Crippen molar-refractivity contribution in [3.05, 3.63) is 40.9 Å². The lowest BCUT2D eigenvalue weighted by molar-refractivity contribution is 0.184. The van der Waals surface area contributed by atoms with Crippen LogP contribution in [0.4, 0.5) is 0 Å². The number of aryl methyl sites for hydroxylation is 1. The van der Waals surface area contributed by atoms with Gasteiger partial charge in [-0.2, -0.15) is 0 Å². The molecule has 5 heteroatoms. The first-order chi connectivity index (χ1) is 8.27. The van der Waals surface area contributed by atoms with Crippen LogP contribution >= 0.6 is 11.6 Å². The van der Waals surface area contributed by atoms with Gasteiger partial charge in [0.2, 0.25) is 5.28 Å². The van der Waals surface area contributed by atoms with Crippen molar-refractivity contribution in [2.45, 2.75) is 20.0 Å². The van der Waals surface area contributed by atoms with Crippen molar-refractivity contribution in [1.82, 2.24) is 14.8 Å². The SMILES string of the molecule is CCc1nnc(Cl)n1-c1ccccc1COC. The Hall–Kier alpha value is -1.39. The molecule has 1 aromatic heterocycles. The molecule has 2 aromatic rings. The number of halogens is 1. The molecule has 0 unspecified atom stereocenters. The lowest BCUT2D eigenvalue weighted by Crippen LogP contribution is -2.04. The minimum absolute atomic E-state index is 0.380. The van der Waals surface area contributed by atoms with Gasteiger partial charge in [0.1, 0.15) is 5.82 Å². The fourth-order valence-corrected chi connectivity index (χ4v) is 2.00. The van der Waals surface area contributed by atoms with E-state index in [-0.39, 0.29) is 0 Å². The van der Waals surface area contributed by atoms with Gasteiger partial charge in [-0.05, 0) is 17.7 Å². The summed E-state index contributed by atoms with van der Waals surface area (Å²) in [6, 6.07) is 7.93. The van der Waals surface area contributed by atoms with Crippen molar-refractivity contribution in [2.24, 2.45) is 0 Å². The van der Waals surface area contributed by atoms with Gasteiger partial charge in [-0.15, -0.1) is 10.2 Å². The molecule has 2 rings (SSSR count). The third kappa shape index (κ3) is 2.33. The second-order valence-electron chi connectivity index (χ2n) is 3.64. The van der Waals surface area contributed by atoms with Crippen molar-refractivity contribution >= 4 is 11.6 Å². The molecule has 90 valence electrons. The maximum Gasteiger partial charge on any atom is 0.229 e. The topological polar surface area (TPSA) is 39.9 Å². The fraction of sp³-hybridized carbons (Fsp3) is 0.333. The highest BCUT2D eigenvalue weighted by molar-refractivity contribution is 6.28. The molecule has 17 heavy (non-hydrogen) atoms. The first kappa shape index (κ1) is 12.1. The monoisotopic (exact) mass is 251 g/mol. The van der Waals surface area contributed by atoms with Crippen LogP contribution in [0.5, 0.6) is 0 Å². The normalized spacial score (nSPS) is 10.8. The Bertz CT molecular complexity index is 510. The van der Waals surface area contributed by atoms with Crippen LogP contribution in [0.2, 0.25) is 5.28 Å². The third-order valence-electron chi connectivity index (χ3n) is 2.54. The average molecular weight is 252 g/mol. The van der Waals surface area contributed by atoms with Crippen LogP contribution in [0.25, 0.3) is 5.69 Å². The van der Waals surface area contributed by atoms with Crippen LogP contribution in [-0.2, 0) is 17.8 Å². The molecular weight excluding hydrogens is 238 g/mol. The van der Waals surface area contributed by atoms with Crippen molar-refractivity contribution < 1.29 is 4.74 Å². The van der Waals surface area contributed by atoms with Crippen LogP contribution in [0.15, 0.2) is 24.3 Å². The number of methoxy groups -OCH3 is 1. The zero-order valence-corrected chi connectivity index (χ0v) is 10.6. The molecule has 0 bridgehead atoms. The average Bonchev–Trinajstić information content (AvgIpc) is 2.72. The van der Waals surface area contributed by atoms with E-state index in [1.165, 1.54) is 0 Å². The zero-order valence-electron chi connectivity index (χ0n) is 9.85. The zero-order chi connectivity index (χ0) is 12.3. The molecule has 1 heterocycles. The summed E-state index contributed by atoms with van der Waals surface area (Å²) in [6.45, 7) is 2.56. The van der Waals surface area contributed by atoms with E-state index < -0.39 is 0 Å². The summed E-state index contributed by atoms with van der Waals surface area (Å²) in [5.41, 5.74) is 2.03. The van der Waals surface area contributed by atoms with E-state index in [0.29, 0.717) is 11.9 Å².